The van der Waals surface area contributed by atoms with Crippen LogP contribution in [0, 0.1) is 0 Å². The quantitative estimate of drug-likeness (QED) is 0.346. The Morgan fingerprint density at radius 2 is 2.04 bits per heavy atom. The topological polar surface area (TPSA) is 79.8 Å². The predicted molar refractivity (Wildman–Crippen MR) is 118 cm³/mol. The molecule has 1 fully saturated rings. The standard InChI is InChI=1S/C18H29N3O3S.HI/c1-4-19-18(21-16-10-12-25(22,23)13-16)20-11-9-14(2)15-5-7-17(24-3)8-6-15;/h5-8,14,16H,4,9-13H2,1-3H3,(H2,19,20,21);1H. The lowest BCUT2D eigenvalue weighted by Crippen LogP contribution is -2.44. The molecule has 1 aliphatic heterocycles. The van der Waals surface area contributed by atoms with Crippen molar-refractivity contribution in [2.24, 2.45) is 4.99 Å². The molecule has 2 atom stereocenters. The summed E-state index contributed by atoms with van der Waals surface area (Å²) in [6, 6.07) is 8.07. The molecule has 2 rings (SSSR count). The fourth-order valence-electron chi connectivity index (χ4n) is 2.89. The van der Waals surface area contributed by atoms with Gasteiger partial charge in [0.25, 0.3) is 0 Å². The smallest absolute Gasteiger partial charge is 0.191 e. The van der Waals surface area contributed by atoms with E-state index in [4.69, 9.17) is 4.74 Å². The van der Waals surface area contributed by atoms with Crippen molar-refractivity contribution >= 4 is 39.8 Å². The minimum Gasteiger partial charge on any atom is -0.497 e. The monoisotopic (exact) mass is 495 g/mol. The van der Waals surface area contributed by atoms with Crippen LogP contribution in [0.5, 0.6) is 5.75 Å². The molecule has 1 saturated heterocycles. The number of sulfone groups is 1. The van der Waals surface area contributed by atoms with Gasteiger partial charge in [0, 0.05) is 19.1 Å². The summed E-state index contributed by atoms with van der Waals surface area (Å²) in [5.41, 5.74) is 1.26. The molecule has 0 aromatic heterocycles. The zero-order valence-electron chi connectivity index (χ0n) is 15.7. The number of nitrogens with zero attached hydrogens (tertiary/aromatic N) is 1. The molecule has 1 aromatic rings. The van der Waals surface area contributed by atoms with Crippen molar-refractivity contribution in [3.8, 4) is 5.75 Å². The number of nitrogens with one attached hydrogen (secondary N) is 2. The van der Waals surface area contributed by atoms with Crippen LogP contribution in [0.25, 0.3) is 0 Å². The average molecular weight is 495 g/mol. The van der Waals surface area contributed by atoms with Crippen LogP contribution in [0.3, 0.4) is 0 Å². The predicted octanol–water partition coefficient (Wildman–Crippen LogP) is 2.55. The first-order valence-electron chi connectivity index (χ1n) is 8.82. The lowest BCUT2D eigenvalue weighted by atomic mass is 9.98. The van der Waals surface area contributed by atoms with Crippen LogP contribution in [-0.4, -0.2) is 52.1 Å². The molecule has 0 amide bonds. The van der Waals surface area contributed by atoms with Gasteiger partial charge in [0.05, 0.1) is 18.6 Å². The van der Waals surface area contributed by atoms with Crippen molar-refractivity contribution < 1.29 is 13.2 Å². The molecule has 148 valence electrons. The second kappa shape index (κ2) is 11.0. The molecular formula is C18H30IN3O3S. The molecular weight excluding hydrogens is 465 g/mol. The van der Waals surface area contributed by atoms with Gasteiger partial charge in [-0.3, -0.25) is 4.99 Å². The number of ether oxygens (including phenoxy) is 1. The van der Waals surface area contributed by atoms with Crippen molar-refractivity contribution in [3.63, 3.8) is 0 Å². The number of guanidine groups is 1. The molecule has 1 heterocycles. The second-order valence-corrected chi connectivity index (χ2v) is 8.70. The highest BCUT2D eigenvalue weighted by atomic mass is 127. The normalized spacial score (nSPS) is 20.1. The van der Waals surface area contributed by atoms with E-state index >= 15 is 0 Å². The van der Waals surface area contributed by atoms with Gasteiger partial charge >= 0.3 is 0 Å². The van der Waals surface area contributed by atoms with Gasteiger partial charge in [-0.05, 0) is 43.4 Å². The van der Waals surface area contributed by atoms with E-state index in [0.717, 1.165) is 18.7 Å². The van der Waals surface area contributed by atoms with Crippen LogP contribution in [-0.2, 0) is 9.84 Å². The SMILES string of the molecule is CCNC(=NCCC(C)c1ccc(OC)cc1)NC1CCS(=O)(=O)C1.I. The first-order valence-corrected chi connectivity index (χ1v) is 10.6. The summed E-state index contributed by atoms with van der Waals surface area (Å²) in [5.74, 6) is 2.41. The third kappa shape index (κ3) is 7.30. The molecule has 1 aromatic carbocycles. The van der Waals surface area contributed by atoms with Crippen LogP contribution >= 0.6 is 24.0 Å². The van der Waals surface area contributed by atoms with Gasteiger partial charge in [0.1, 0.15) is 5.75 Å². The Kier molecular flexibility index (Phi) is 9.70. The zero-order chi connectivity index (χ0) is 18.3. The third-order valence-corrected chi connectivity index (χ3v) is 6.20. The molecule has 0 radical (unpaired) electrons. The largest absolute Gasteiger partial charge is 0.497 e. The number of hydrogen-bond acceptors (Lipinski definition) is 4. The Morgan fingerprint density at radius 1 is 1.35 bits per heavy atom. The average Bonchev–Trinajstić information content (AvgIpc) is 2.93. The van der Waals surface area contributed by atoms with Crippen LogP contribution in [0.1, 0.15) is 38.2 Å². The van der Waals surface area contributed by atoms with Gasteiger partial charge in [-0.1, -0.05) is 19.1 Å². The van der Waals surface area contributed by atoms with Gasteiger partial charge in [0.2, 0.25) is 0 Å². The number of rotatable bonds is 7. The first-order chi connectivity index (χ1) is 11.9. The summed E-state index contributed by atoms with van der Waals surface area (Å²) >= 11 is 0. The summed E-state index contributed by atoms with van der Waals surface area (Å²) in [7, 11) is -1.22. The maximum atomic E-state index is 11.6. The lowest BCUT2D eigenvalue weighted by Gasteiger charge is -2.16. The number of methoxy groups -OCH3 is 1. The van der Waals surface area contributed by atoms with E-state index in [1.165, 1.54) is 5.56 Å². The molecule has 26 heavy (non-hydrogen) atoms. The van der Waals surface area contributed by atoms with Gasteiger partial charge < -0.3 is 15.4 Å². The van der Waals surface area contributed by atoms with Crippen molar-refractivity contribution in [2.75, 3.05) is 31.7 Å². The van der Waals surface area contributed by atoms with Gasteiger partial charge in [-0.15, -0.1) is 24.0 Å². The summed E-state index contributed by atoms with van der Waals surface area (Å²) in [4.78, 5) is 4.60. The Labute approximate surface area is 174 Å². The van der Waals surface area contributed by atoms with Crippen LogP contribution < -0.4 is 15.4 Å². The number of hydrogen-bond donors (Lipinski definition) is 2. The van der Waals surface area contributed by atoms with Gasteiger partial charge in [-0.2, -0.15) is 0 Å². The molecule has 6 nitrogen and oxygen atoms in total. The van der Waals surface area contributed by atoms with Gasteiger partial charge in [-0.25, -0.2) is 8.42 Å². The summed E-state index contributed by atoms with van der Waals surface area (Å²) in [6.07, 6.45) is 1.57. The van der Waals surface area contributed by atoms with Crippen LogP contribution in [0.15, 0.2) is 29.3 Å². The van der Waals surface area contributed by atoms with Crippen molar-refractivity contribution in [1.29, 1.82) is 0 Å². The summed E-state index contributed by atoms with van der Waals surface area (Å²) in [5, 5.41) is 6.44. The molecule has 0 spiro atoms. The van der Waals surface area contributed by atoms with E-state index in [9.17, 15) is 8.42 Å². The van der Waals surface area contributed by atoms with E-state index in [2.05, 4.69) is 34.7 Å². The second-order valence-electron chi connectivity index (χ2n) is 6.47. The molecule has 0 aliphatic carbocycles. The highest BCUT2D eigenvalue weighted by molar-refractivity contribution is 14.0. The van der Waals surface area contributed by atoms with E-state index in [1.54, 1.807) is 7.11 Å². The lowest BCUT2D eigenvalue weighted by molar-refractivity contribution is 0.414. The third-order valence-electron chi connectivity index (χ3n) is 4.43. The van der Waals surface area contributed by atoms with E-state index in [1.807, 2.05) is 19.1 Å². The van der Waals surface area contributed by atoms with Crippen molar-refractivity contribution in [2.45, 2.75) is 38.6 Å². The van der Waals surface area contributed by atoms with Gasteiger partial charge in [0.15, 0.2) is 15.8 Å². The fourth-order valence-corrected chi connectivity index (χ4v) is 4.56. The molecule has 0 saturated carbocycles. The maximum absolute atomic E-state index is 11.6. The van der Waals surface area contributed by atoms with Crippen molar-refractivity contribution in [3.05, 3.63) is 29.8 Å². The van der Waals surface area contributed by atoms with E-state index < -0.39 is 9.84 Å². The van der Waals surface area contributed by atoms with Crippen LogP contribution in [0.4, 0.5) is 0 Å². The molecule has 2 N–H and O–H groups in total. The summed E-state index contributed by atoms with van der Waals surface area (Å²) in [6.45, 7) is 5.62. The maximum Gasteiger partial charge on any atom is 0.191 e. The molecule has 2 unspecified atom stereocenters. The van der Waals surface area contributed by atoms with E-state index in [0.29, 0.717) is 24.8 Å². The molecule has 8 heteroatoms. The zero-order valence-corrected chi connectivity index (χ0v) is 18.8. The number of benzene rings is 1. The first kappa shape index (κ1) is 23.0. The highest BCUT2D eigenvalue weighted by Crippen LogP contribution is 2.21. The van der Waals surface area contributed by atoms with Crippen LogP contribution in [0.2, 0.25) is 0 Å². The highest BCUT2D eigenvalue weighted by Gasteiger charge is 2.28. The Hall–Kier alpha value is -1.03. The number of aliphatic imine (C=N–C) groups is 1. The Bertz CT molecular complexity index is 677. The Balaban J connectivity index is 0.00000338. The fraction of sp³-hybridized carbons (Fsp3) is 0.611. The minimum absolute atomic E-state index is 0. The molecule has 1 aliphatic rings. The van der Waals surface area contributed by atoms with Crippen molar-refractivity contribution in [1.82, 2.24) is 10.6 Å². The van der Waals surface area contributed by atoms with E-state index in [-0.39, 0.29) is 41.5 Å². The summed E-state index contributed by atoms with van der Waals surface area (Å²) < 4.78 is 28.3. The molecule has 0 bridgehead atoms. The Morgan fingerprint density at radius 3 is 2.58 bits per heavy atom. The minimum atomic E-state index is -2.89. The number of halogens is 1.